The second kappa shape index (κ2) is 45.6. The number of aliphatic hydroxyl groups excluding tert-OH is 1. The number of Topliss-reactive ketones (excluding diaryl/α,β-unsaturated/α-hetero) is 5. The third kappa shape index (κ3) is 29.6. The van der Waals surface area contributed by atoms with Gasteiger partial charge < -0.3 is 96.3 Å². The average molecular weight is 1750 g/mol. The van der Waals surface area contributed by atoms with Gasteiger partial charge in [0, 0.05) is 148 Å². The molecule has 22 N–H and O–H groups in total. The van der Waals surface area contributed by atoms with Crippen molar-refractivity contribution in [1.82, 2.24) is 42.2 Å². The summed E-state index contributed by atoms with van der Waals surface area (Å²) in [5.41, 5.74) is 33.4. The zero-order valence-corrected chi connectivity index (χ0v) is 71.2. The van der Waals surface area contributed by atoms with Gasteiger partial charge in [0.25, 0.3) is 0 Å². The van der Waals surface area contributed by atoms with Crippen LogP contribution in [0.15, 0.2) is 97.2 Å². The number of aliphatic hydroxyl groups is 1. The first-order chi connectivity index (χ1) is 58.0. The Kier molecular flexibility index (Phi) is 36.6. The van der Waals surface area contributed by atoms with Gasteiger partial charge in [-0.25, -0.2) is 0 Å². The predicted molar refractivity (Wildman–Crippen MR) is 454 cm³/mol. The molecule has 0 saturated carbocycles. The summed E-state index contributed by atoms with van der Waals surface area (Å²) in [5.74, 6) is -24.8. The third-order valence-electron chi connectivity index (χ3n) is 21.9. The number of hydrogen-bond acceptors (Lipinski definition) is 24. The molecule has 123 heavy (non-hydrogen) atoms. The second-order valence-electron chi connectivity index (χ2n) is 32.4. The summed E-state index contributed by atoms with van der Waals surface area (Å²) < 4.78 is 8.47. The quantitative estimate of drug-likeness (QED) is 0.0244. The second-order valence-corrected chi connectivity index (χ2v) is 35.9. The lowest BCUT2D eigenvalue weighted by Gasteiger charge is -2.39. The summed E-state index contributed by atoms with van der Waals surface area (Å²) in [7, 11) is 1.94. The van der Waals surface area contributed by atoms with Crippen molar-refractivity contribution in [2.45, 2.75) is 215 Å². The number of aromatic amines is 1. The molecule has 3 heterocycles. The number of fused-ring (bicyclic) bond motifs is 2. The highest BCUT2D eigenvalue weighted by Crippen LogP contribution is 2.50. The van der Waals surface area contributed by atoms with E-state index in [1.165, 1.54) is 6.92 Å². The summed E-state index contributed by atoms with van der Waals surface area (Å²) >= 11 is 0. The Hall–Kier alpha value is -11.5. The van der Waals surface area contributed by atoms with E-state index in [4.69, 9.17) is 43.9 Å². The number of H-pyrrole nitrogens is 1. The number of rotatable bonds is 40. The van der Waals surface area contributed by atoms with Crippen molar-refractivity contribution in [3.8, 4) is 5.75 Å². The first-order valence-electron chi connectivity index (χ1n) is 40.5. The van der Waals surface area contributed by atoms with E-state index in [1.807, 2.05) is 18.2 Å². The van der Waals surface area contributed by atoms with Gasteiger partial charge in [-0.2, -0.15) is 0 Å². The number of ketones is 5. The normalized spacial score (nSPS) is 20.5. The molecule has 2 fully saturated rings. The first-order valence-corrected chi connectivity index (χ1v) is 42.6. The van der Waals surface area contributed by atoms with Crippen LogP contribution >= 0.6 is 21.6 Å². The van der Waals surface area contributed by atoms with Crippen molar-refractivity contribution in [3.05, 3.63) is 114 Å². The highest BCUT2D eigenvalue weighted by Gasteiger charge is 2.48. The standard InChI is InChI=1S/C85H112N14O22S2/c1-45(100)74-82(119)97-63(36-55-44-92-59-14-10-9-13-57(55)59)81(118)94-60(23-25-70(88)108)66(104)42-58(83(3,4)122-123-84(5,6)75(93-46(2)101)67(105)37-51(78(115)98-74)19-24-69(87)107)80(117)96-61(35-47-16-21-56(22-17-47)121-32-29-86)65(103)39-54(34-48-15-18-49-11-7-8-12-50(49)33-48)79(116)99-85(27-30-120-31-28-85)68(106)40-52(20-26-73(111)112)77(114)95-62(43-72(90)110)64(102)38-53(76(91)113)41-71(89)109/h7-18,21-22,33,44-45,51-54,58,60-63,74-75,92,100H,19-20,23-32,34-43,86H2,1-6H3,(H2,87,107)(H2,88,108)(H2,89,109)(H2,90,110)(H2,91,113)(H,93,101)(H,94,118)(H,95,114)(H,96,117)(H,97,119)(H,98,115)(H,99,116)(H,111,112)/t45-,51+,52-,53+,54-,58-,60+,61+,62+,63+,74+,75+/m1/s1. The van der Waals surface area contributed by atoms with Crippen LogP contribution in [0, 0.1) is 29.6 Å². The fourth-order valence-electron chi connectivity index (χ4n) is 14.9. The summed E-state index contributed by atoms with van der Waals surface area (Å²) in [6, 6.07) is 15.7. The topological polar surface area (TPSA) is 622 Å². The predicted octanol–water partition coefficient (Wildman–Crippen LogP) is 1.12. The lowest BCUT2D eigenvalue weighted by molar-refractivity contribution is -0.142. The number of nitrogens with two attached hydrogens (primary N) is 6. The molecule has 38 heteroatoms. The van der Waals surface area contributed by atoms with E-state index in [1.54, 1.807) is 107 Å². The van der Waals surface area contributed by atoms with Crippen LogP contribution in [0.25, 0.3) is 21.7 Å². The van der Waals surface area contributed by atoms with E-state index in [2.05, 4.69) is 42.2 Å². The third-order valence-corrected chi connectivity index (χ3v) is 26.2. The van der Waals surface area contributed by atoms with Crippen LogP contribution in [0.5, 0.6) is 5.75 Å². The molecule has 12 atom stereocenters. The van der Waals surface area contributed by atoms with Gasteiger partial charge in [-0.1, -0.05) is 94.4 Å². The molecule has 36 nitrogen and oxygen atoms in total. The number of ether oxygens (including phenoxy) is 2. The molecule has 0 aliphatic carbocycles. The van der Waals surface area contributed by atoms with Gasteiger partial charge in [0.2, 0.25) is 70.9 Å². The van der Waals surface area contributed by atoms with E-state index in [9.17, 15) is 63.0 Å². The number of aromatic nitrogens is 1. The summed E-state index contributed by atoms with van der Waals surface area (Å²) in [6.45, 7) is 8.55. The van der Waals surface area contributed by atoms with Crippen LogP contribution in [-0.4, -0.2) is 205 Å². The minimum absolute atomic E-state index is 0.117. The number of aliphatic carboxylic acids is 1. The maximum absolute atomic E-state index is 16.3. The minimum atomic E-state index is -1.93. The van der Waals surface area contributed by atoms with Gasteiger partial charge in [-0.3, -0.25) is 86.3 Å². The number of carbonyl (C=O) groups is 18. The van der Waals surface area contributed by atoms with Crippen LogP contribution in [0.3, 0.4) is 0 Å². The number of nitrogens with one attached hydrogen (secondary N) is 8. The maximum Gasteiger partial charge on any atom is 0.303 e. The zero-order valence-electron chi connectivity index (χ0n) is 69.6. The van der Waals surface area contributed by atoms with E-state index < -0.39 is 270 Å². The highest BCUT2D eigenvalue weighted by molar-refractivity contribution is 8.77. The number of benzene rings is 4. The molecule has 4 aromatic carbocycles. The van der Waals surface area contributed by atoms with Crippen molar-refractivity contribution in [2.24, 2.45) is 64.0 Å². The van der Waals surface area contributed by atoms with E-state index in [0.29, 0.717) is 33.3 Å². The van der Waals surface area contributed by atoms with Gasteiger partial charge >= 0.3 is 5.97 Å². The summed E-state index contributed by atoms with van der Waals surface area (Å²) in [5, 5.41) is 42.0. The number of carbonyl (C=O) groups excluding carboxylic acids is 17. The van der Waals surface area contributed by atoms with Crippen molar-refractivity contribution >= 4 is 149 Å². The Morgan fingerprint density at radius 3 is 1.85 bits per heavy atom. The average Bonchev–Trinajstić information content (AvgIpc) is 1.48. The van der Waals surface area contributed by atoms with Crippen LogP contribution in [0.2, 0.25) is 0 Å². The molecule has 0 unspecified atom stereocenters. The molecule has 0 radical (unpaired) electrons. The first kappa shape index (κ1) is 98.6. The Balaban J connectivity index is 1.35. The lowest BCUT2D eigenvalue weighted by Crippen LogP contribution is -2.60. The van der Waals surface area contributed by atoms with Crippen LogP contribution in [-0.2, 0) is 110 Å². The molecule has 666 valence electrons. The van der Waals surface area contributed by atoms with Crippen molar-refractivity contribution < 1.29 is 106 Å². The van der Waals surface area contributed by atoms with E-state index in [-0.39, 0.29) is 64.9 Å². The number of primary amides is 5. The lowest BCUT2D eigenvalue weighted by atomic mass is 9.79. The number of hydrogen-bond donors (Lipinski definition) is 16. The molecular formula is C85H112N14O22S2. The Morgan fingerprint density at radius 1 is 0.610 bits per heavy atom. The highest BCUT2D eigenvalue weighted by atomic mass is 33.1. The molecule has 12 amide bonds. The minimum Gasteiger partial charge on any atom is -0.492 e. The molecule has 2 aliphatic heterocycles. The fourth-order valence-corrected chi connectivity index (χ4v) is 17.8. The van der Waals surface area contributed by atoms with Gasteiger partial charge in [-0.05, 0) is 112 Å². The number of amides is 12. The Bertz CT molecular complexity index is 4740. The molecule has 0 spiro atoms. The smallest absolute Gasteiger partial charge is 0.303 e. The molecule has 7 rings (SSSR count). The van der Waals surface area contributed by atoms with Gasteiger partial charge in [-0.15, -0.1) is 0 Å². The molecule has 1 aromatic heterocycles. The largest absolute Gasteiger partial charge is 0.492 e. The van der Waals surface area contributed by atoms with Crippen molar-refractivity contribution in [1.29, 1.82) is 0 Å². The molecule has 0 bridgehead atoms. The molecular weight excluding hydrogens is 1630 g/mol. The van der Waals surface area contributed by atoms with Crippen LogP contribution in [0.1, 0.15) is 155 Å². The van der Waals surface area contributed by atoms with Gasteiger partial charge in [0.15, 0.2) is 28.9 Å². The fraction of sp³-hybridized carbons (Fsp3) is 0.506. The number of para-hydroxylation sites is 1. The number of carboxylic acids is 1. The van der Waals surface area contributed by atoms with Crippen molar-refractivity contribution in [2.75, 3.05) is 26.4 Å². The zero-order chi connectivity index (χ0) is 90.8. The van der Waals surface area contributed by atoms with Crippen molar-refractivity contribution in [3.63, 3.8) is 0 Å². The van der Waals surface area contributed by atoms with Gasteiger partial charge in [0.05, 0.1) is 42.5 Å². The molecule has 2 aliphatic rings. The monoisotopic (exact) mass is 1740 g/mol. The van der Waals surface area contributed by atoms with Crippen LogP contribution in [0.4, 0.5) is 0 Å². The molecule has 2 saturated heterocycles. The SMILES string of the molecule is CC(=O)N[C@H]1C(=O)C[C@H](CCC(N)=O)C(=O)N[C@@H]([C@@H](C)O)C(=O)N[C@@H](Cc2c[nH]c3ccccc23)C(=O)N[C@@H](CCC(N)=O)C(=O)C[C@H](C(=O)N[C@@H](Cc2ccc(OCCN)cc2)C(=O)C[C@@H](Cc2ccc3ccccc3c2)C(=O)NC2(C(=O)C[C@@H](CCC(=O)O)C(=O)N[C@@H](CC(N)=O)C(=O)C[C@@H](CC(N)=O)C(N)=O)CCOCC2)C(C)(C)SSC1(C)C. The van der Waals surface area contributed by atoms with Gasteiger partial charge in [0.1, 0.15) is 36.0 Å². The molecule has 5 aromatic rings. The van der Waals surface area contributed by atoms with Crippen LogP contribution < -0.4 is 76.4 Å². The van der Waals surface area contributed by atoms with E-state index >= 15 is 33.6 Å². The number of carboxylic acid groups (broad SMARTS) is 1. The van der Waals surface area contributed by atoms with E-state index in [0.717, 1.165) is 39.3 Å². The maximum atomic E-state index is 16.3. The summed E-state index contributed by atoms with van der Waals surface area (Å²) in [6.07, 6.45) is -9.98. The summed E-state index contributed by atoms with van der Waals surface area (Å²) in [4.78, 5) is 257. The Labute approximate surface area is 718 Å². The Morgan fingerprint density at radius 2 is 1.22 bits per heavy atom.